The van der Waals surface area contributed by atoms with Crippen LogP contribution in [0.3, 0.4) is 0 Å². The molecule has 3 amide bonds. The van der Waals surface area contributed by atoms with Crippen molar-refractivity contribution in [2.75, 3.05) is 7.11 Å². The van der Waals surface area contributed by atoms with Gasteiger partial charge in [-0.25, -0.2) is 4.79 Å². The zero-order valence-corrected chi connectivity index (χ0v) is 14.0. The van der Waals surface area contributed by atoms with E-state index in [-0.39, 0.29) is 24.4 Å². The monoisotopic (exact) mass is 312 g/mol. The van der Waals surface area contributed by atoms with Gasteiger partial charge in [0.05, 0.1) is 7.11 Å². The Morgan fingerprint density at radius 1 is 1.18 bits per heavy atom. The van der Waals surface area contributed by atoms with Gasteiger partial charge in [0.15, 0.2) is 0 Å². The standard InChI is InChI=1S/C15H24N2O5/c1-8(2)16(9(3)4)13(19)14(20)17-11(18)7-10(5)12(17)15(21)22-6/h8-10,12H,7H2,1-6H3. The average molecular weight is 312 g/mol. The molecule has 1 fully saturated rings. The Hall–Kier alpha value is -1.92. The predicted molar refractivity (Wildman–Crippen MR) is 78.6 cm³/mol. The number of rotatable bonds is 3. The molecule has 0 aromatic heterocycles. The van der Waals surface area contributed by atoms with Gasteiger partial charge in [0.2, 0.25) is 5.91 Å². The maximum Gasteiger partial charge on any atom is 0.329 e. The molecule has 2 unspecified atom stereocenters. The summed E-state index contributed by atoms with van der Waals surface area (Å²) in [6.07, 6.45) is 0.0438. The Balaban J connectivity index is 3.10. The van der Waals surface area contributed by atoms with Crippen molar-refractivity contribution in [1.82, 2.24) is 9.80 Å². The van der Waals surface area contributed by atoms with E-state index in [1.54, 1.807) is 34.6 Å². The van der Waals surface area contributed by atoms with Crippen molar-refractivity contribution < 1.29 is 23.9 Å². The summed E-state index contributed by atoms with van der Waals surface area (Å²) >= 11 is 0. The number of likely N-dealkylation sites (tertiary alicyclic amines) is 1. The molecule has 0 aromatic carbocycles. The predicted octanol–water partition coefficient (Wildman–Crippen LogP) is 0.568. The fourth-order valence-corrected chi connectivity index (χ4v) is 2.87. The summed E-state index contributed by atoms with van der Waals surface area (Å²) < 4.78 is 4.66. The Labute approximate surface area is 130 Å². The van der Waals surface area contributed by atoms with Gasteiger partial charge in [0.25, 0.3) is 0 Å². The first kappa shape index (κ1) is 18.1. The van der Waals surface area contributed by atoms with Crippen LogP contribution in [0.25, 0.3) is 0 Å². The van der Waals surface area contributed by atoms with Gasteiger partial charge in [0.1, 0.15) is 6.04 Å². The third-order valence-corrected chi connectivity index (χ3v) is 3.77. The second-order valence-corrected chi connectivity index (χ2v) is 6.12. The Kier molecular flexibility index (Phi) is 5.68. The smallest absolute Gasteiger partial charge is 0.329 e. The molecule has 0 aliphatic carbocycles. The molecule has 0 bridgehead atoms. The van der Waals surface area contributed by atoms with Gasteiger partial charge in [-0.3, -0.25) is 19.3 Å². The van der Waals surface area contributed by atoms with Crippen LogP contribution in [0.2, 0.25) is 0 Å². The molecule has 0 saturated carbocycles. The average Bonchev–Trinajstić information content (AvgIpc) is 2.70. The van der Waals surface area contributed by atoms with Crippen molar-refractivity contribution in [1.29, 1.82) is 0 Å². The first-order valence-electron chi connectivity index (χ1n) is 7.39. The highest BCUT2D eigenvalue weighted by molar-refractivity contribution is 6.38. The number of ether oxygens (including phenoxy) is 1. The van der Waals surface area contributed by atoms with E-state index in [0.717, 1.165) is 4.90 Å². The van der Waals surface area contributed by atoms with Crippen LogP contribution in [-0.2, 0) is 23.9 Å². The van der Waals surface area contributed by atoms with Gasteiger partial charge in [0, 0.05) is 18.5 Å². The molecule has 1 saturated heterocycles. The summed E-state index contributed by atoms with van der Waals surface area (Å²) in [6.45, 7) is 8.84. The second kappa shape index (κ2) is 6.89. The van der Waals surface area contributed by atoms with E-state index in [0.29, 0.717) is 0 Å². The van der Waals surface area contributed by atoms with E-state index < -0.39 is 29.7 Å². The van der Waals surface area contributed by atoms with E-state index in [4.69, 9.17) is 0 Å². The quantitative estimate of drug-likeness (QED) is 0.562. The van der Waals surface area contributed by atoms with Crippen molar-refractivity contribution >= 4 is 23.7 Å². The number of hydrogen-bond donors (Lipinski definition) is 0. The third-order valence-electron chi connectivity index (χ3n) is 3.77. The fraction of sp³-hybridized carbons (Fsp3) is 0.733. The molecule has 22 heavy (non-hydrogen) atoms. The van der Waals surface area contributed by atoms with E-state index in [2.05, 4.69) is 4.74 Å². The Morgan fingerprint density at radius 3 is 2.09 bits per heavy atom. The Bertz CT molecular complexity index is 478. The fourth-order valence-electron chi connectivity index (χ4n) is 2.87. The maximum absolute atomic E-state index is 12.5. The molecule has 124 valence electrons. The highest BCUT2D eigenvalue weighted by atomic mass is 16.5. The number of esters is 1. The van der Waals surface area contributed by atoms with Crippen molar-refractivity contribution in [2.24, 2.45) is 5.92 Å². The van der Waals surface area contributed by atoms with Crippen LogP contribution < -0.4 is 0 Å². The first-order valence-corrected chi connectivity index (χ1v) is 7.39. The molecular weight excluding hydrogens is 288 g/mol. The van der Waals surface area contributed by atoms with Crippen LogP contribution >= 0.6 is 0 Å². The summed E-state index contributed by atoms with van der Waals surface area (Å²) in [4.78, 5) is 51.0. The number of hydrogen-bond acceptors (Lipinski definition) is 5. The summed E-state index contributed by atoms with van der Waals surface area (Å²) in [5.41, 5.74) is 0. The highest BCUT2D eigenvalue weighted by Crippen LogP contribution is 2.27. The van der Waals surface area contributed by atoms with Gasteiger partial charge < -0.3 is 9.64 Å². The summed E-state index contributed by atoms with van der Waals surface area (Å²) in [5.74, 6) is -3.31. The van der Waals surface area contributed by atoms with Crippen LogP contribution in [0.5, 0.6) is 0 Å². The zero-order chi connectivity index (χ0) is 17.2. The molecule has 1 heterocycles. The van der Waals surface area contributed by atoms with Crippen molar-refractivity contribution in [2.45, 2.75) is 59.2 Å². The molecule has 7 heteroatoms. The van der Waals surface area contributed by atoms with E-state index >= 15 is 0 Å². The molecule has 2 atom stereocenters. The van der Waals surface area contributed by atoms with Gasteiger partial charge in [-0.15, -0.1) is 0 Å². The minimum absolute atomic E-state index is 0.0438. The van der Waals surface area contributed by atoms with Crippen LogP contribution in [0.4, 0.5) is 0 Å². The molecule has 1 aliphatic rings. The molecule has 0 radical (unpaired) electrons. The summed E-state index contributed by atoms with van der Waals surface area (Å²) in [7, 11) is 1.19. The van der Waals surface area contributed by atoms with Crippen LogP contribution in [-0.4, -0.2) is 58.7 Å². The number of amides is 3. The molecule has 0 spiro atoms. The van der Waals surface area contributed by atoms with E-state index in [9.17, 15) is 19.2 Å². The second-order valence-electron chi connectivity index (χ2n) is 6.12. The van der Waals surface area contributed by atoms with Crippen molar-refractivity contribution in [3.8, 4) is 0 Å². The number of imide groups is 1. The lowest BCUT2D eigenvalue weighted by Gasteiger charge is -2.32. The molecule has 0 N–H and O–H groups in total. The minimum atomic E-state index is -1.03. The largest absolute Gasteiger partial charge is 0.467 e. The van der Waals surface area contributed by atoms with Crippen LogP contribution in [0, 0.1) is 5.92 Å². The lowest BCUT2D eigenvalue weighted by Crippen LogP contribution is -2.54. The van der Waals surface area contributed by atoms with E-state index in [1.165, 1.54) is 12.0 Å². The van der Waals surface area contributed by atoms with Gasteiger partial charge in [-0.1, -0.05) is 6.92 Å². The first-order chi connectivity index (χ1) is 10.1. The molecule has 7 nitrogen and oxygen atoms in total. The van der Waals surface area contributed by atoms with Gasteiger partial charge >= 0.3 is 17.8 Å². The Morgan fingerprint density at radius 2 is 1.68 bits per heavy atom. The normalized spacial score (nSPS) is 21.5. The van der Waals surface area contributed by atoms with Crippen molar-refractivity contribution in [3.05, 3.63) is 0 Å². The lowest BCUT2D eigenvalue weighted by atomic mass is 10.0. The SMILES string of the molecule is COC(=O)C1C(C)CC(=O)N1C(=O)C(=O)N(C(C)C)C(C)C. The number of nitrogens with zero attached hydrogens (tertiary/aromatic N) is 2. The topological polar surface area (TPSA) is 84.0 Å². The zero-order valence-electron chi connectivity index (χ0n) is 14.0. The van der Waals surface area contributed by atoms with Crippen LogP contribution in [0.15, 0.2) is 0 Å². The number of carbonyl (C=O) groups excluding carboxylic acids is 4. The lowest BCUT2D eigenvalue weighted by molar-refractivity contribution is -0.163. The maximum atomic E-state index is 12.5. The van der Waals surface area contributed by atoms with Gasteiger partial charge in [-0.2, -0.15) is 0 Å². The van der Waals surface area contributed by atoms with Gasteiger partial charge in [-0.05, 0) is 33.6 Å². The minimum Gasteiger partial charge on any atom is -0.467 e. The number of carbonyl (C=O) groups is 4. The molecule has 1 aliphatic heterocycles. The summed E-state index contributed by atoms with van der Waals surface area (Å²) in [6, 6.07) is -1.42. The van der Waals surface area contributed by atoms with E-state index in [1.807, 2.05) is 0 Å². The molecular formula is C15H24N2O5. The summed E-state index contributed by atoms with van der Waals surface area (Å²) in [5, 5.41) is 0. The third kappa shape index (κ3) is 3.28. The number of methoxy groups -OCH3 is 1. The highest BCUT2D eigenvalue weighted by Gasteiger charge is 2.48. The molecule has 1 rings (SSSR count). The van der Waals surface area contributed by atoms with Crippen molar-refractivity contribution in [3.63, 3.8) is 0 Å². The van der Waals surface area contributed by atoms with Crippen LogP contribution in [0.1, 0.15) is 41.0 Å². The molecule has 0 aromatic rings.